The first kappa shape index (κ1) is 18.5. The van der Waals surface area contributed by atoms with Crippen molar-refractivity contribution in [2.75, 3.05) is 17.3 Å². The number of fused-ring (bicyclic) bond motifs is 2. The van der Waals surface area contributed by atoms with Gasteiger partial charge >= 0.3 is 0 Å². The zero-order valence-electron chi connectivity index (χ0n) is 15.0. The van der Waals surface area contributed by atoms with E-state index in [1.54, 1.807) is 42.4 Å². The topological polar surface area (TPSA) is 62.3 Å². The van der Waals surface area contributed by atoms with Crippen LogP contribution in [0, 0.1) is 0 Å². The van der Waals surface area contributed by atoms with E-state index in [0.29, 0.717) is 21.3 Å². The summed E-state index contributed by atoms with van der Waals surface area (Å²) in [6, 6.07) is 16.3. The van der Waals surface area contributed by atoms with E-state index in [2.05, 4.69) is 10.3 Å². The quantitative estimate of drug-likeness (QED) is 0.683. The Morgan fingerprint density at radius 3 is 2.82 bits per heavy atom. The summed E-state index contributed by atoms with van der Waals surface area (Å²) in [5, 5.41) is 4.12. The van der Waals surface area contributed by atoms with Crippen molar-refractivity contribution < 1.29 is 9.59 Å². The fraction of sp³-hybridized carbons (Fsp3) is 0.0952. The fourth-order valence-corrected chi connectivity index (χ4v) is 4.28. The third kappa shape index (κ3) is 3.61. The molecular weight excluding hydrogens is 394 g/mol. The van der Waals surface area contributed by atoms with E-state index >= 15 is 0 Å². The van der Waals surface area contributed by atoms with Crippen molar-refractivity contribution >= 4 is 46.6 Å². The van der Waals surface area contributed by atoms with Crippen molar-refractivity contribution in [3.8, 4) is 0 Å². The van der Waals surface area contributed by atoms with E-state index in [1.165, 1.54) is 11.8 Å². The highest BCUT2D eigenvalue weighted by Crippen LogP contribution is 2.41. The minimum absolute atomic E-state index is 0.107. The first-order valence-corrected chi connectivity index (χ1v) is 9.80. The van der Waals surface area contributed by atoms with Gasteiger partial charge in [-0.25, -0.2) is 4.98 Å². The number of anilines is 2. The molecule has 0 saturated carbocycles. The summed E-state index contributed by atoms with van der Waals surface area (Å²) in [4.78, 5) is 31.9. The van der Waals surface area contributed by atoms with Crippen molar-refractivity contribution in [3.05, 3.63) is 76.9 Å². The molecular formula is C21H16ClN3O2S. The molecule has 140 valence electrons. The second-order valence-electron chi connectivity index (χ2n) is 6.32. The van der Waals surface area contributed by atoms with E-state index < -0.39 is 0 Å². The zero-order valence-corrected chi connectivity index (χ0v) is 16.6. The lowest BCUT2D eigenvalue weighted by Gasteiger charge is -2.18. The number of benzene rings is 2. The summed E-state index contributed by atoms with van der Waals surface area (Å²) in [5.41, 5.74) is 2.77. The van der Waals surface area contributed by atoms with Gasteiger partial charge in [0.2, 0.25) is 5.91 Å². The number of carbonyl (C=O) groups excluding carboxylic acids is 2. The molecule has 0 bridgehead atoms. The van der Waals surface area contributed by atoms with Gasteiger partial charge in [-0.05, 0) is 42.0 Å². The fourth-order valence-electron chi connectivity index (χ4n) is 3.00. The van der Waals surface area contributed by atoms with Crippen molar-refractivity contribution in [2.24, 2.45) is 0 Å². The van der Waals surface area contributed by atoms with Gasteiger partial charge in [-0.1, -0.05) is 41.6 Å². The molecule has 1 aromatic heterocycles. The number of nitrogens with zero attached hydrogens (tertiary/aromatic N) is 2. The van der Waals surface area contributed by atoms with E-state index in [0.717, 1.165) is 16.1 Å². The van der Waals surface area contributed by atoms with Crippen LogP contribution in [-0.4, -0.2) is 23.8 Å². The largest absolute Gasteiger partial charge is 0.326 e. The lowest BCUT2D eigenvalue weighted by molar-refractivity contribution is -0.115. The first-order valence-electron chi connectivity index (χ1n) is 8.61. The molecule has 0 unspecified atom stereocenters. The van der Waals surface area contributed by atoms with Crippen LogP contribution in [0.2, 0.25) is 5.02 Å². The summed E-state index contributed by atoms with van der Waals surface area (Å²) in [6.45, 7) is 0. The van der Waals surface area contributed by atoms with Crippen LogP contribution in [0.1, 0.15) is 15.9 Å². The first-order chi connectivity index (χ1) is 13.5. The lowest BCUT2D eigenvalue weighted by Crippen LogP contribution is -2.26. The van der Waals surface area contributed by atoms with Gasteiger partial charge in [-0.3, -0.25) is 9.59 Å². The molecule has 1 aliphatic rings. The van der Waals surface area contributed by atoms with Gasteiger partial charge in [0.05, 0.1) is 17.7 Å². The van der Waals surface area contributed by atoms with Crippen molar-refractivity contribution in [1.82, 2.24) is 4.98 Å². The molecule has 1 aliphatic heterocycles. The molecule has 0 spiro atoms. The van der Waals surface area contributed by atoms with Gasteiger partial charge in [0.15, 0.2) is 0 Å². The standard InChI is InChI=1S/C21H16ClN3O2S/c1-25-17-9-8-14(24-19(26)11-13-5-2-3-7-16(13)22)12-18(17)28-20-15(21(25)27)6-4-10-23-20/h2-10,12H,11H2,1H3,(H,24,26). The van der Waals surface area contributed by atoms with Crippen LogP contribution < -0.4 is 10.2 Å². The molecule has 0 radical (unpaired) electrons. The van der Waals surface area contributed by atoms with E-state index in [-0.39, 0.29) is 18.2 Å². The Labute approximate surface area is 171 Å². The second-order valence-corrected chi connectivity index (χ2v) is 7.76. The number of hydrogen-bond donors (Lipinski definition) is 1. The van der Waals surface area contributed by atoms with Gasteiger partial charge in [-0.15, -0.1) is 0 Å². The minimum Gasteiger partial charge on any atom is -0.326 e. The van der Waals surface area contributed by atoms with Crippen LogP contribution in [0.3, 0.4) is 0 Å². The maximum Gasteiger partial charge on any atom is 0.260 e. The average Bonchev–Trinajstić information content (AvgIpc) is 2.79. The van der Waals surface area contributed by atoms with Crippen LogP contribution in [-0.2, 0) is 11.2 Å². The molecule has 3 aromatic rings. The van der Waals surface area contributed by atoms with Crippen LogP contribution in [0.4, 0.5) is 11.4 Å². The predicted octanol–water partition coefficient (Wildman–Crippen LogP) is 4.66. The summed E-state index contributed by atoms with van der Waals surface area (Å²) >= 11 is 7.55. The van der Waals surface area contributed by atoms with Crippen LogP contribution >= 0.6 is 23.4 Å². The molecule has 4 rings (SSSR count). The SMILES string of the molecule is CN1C(=O)c2cccnc2Sc2cc(NC(=O)Cc3ccccc3Cl)ccc21. The Balaban J connectivity index is 1.59. The molecule has 2 heterocycles. The number of carbonyl (C=O) groups is 2. The van der Waals surface area contributed by atoms with Crippen molar-refractivity contribution in [3.63, 3.8) is 0 Å². The van der Waals surface area contributed by atoms with Gasteiger partial charge < -0.3 is 10.2 Å². The normalized spacial score (nSPS) is 12.8. The summed E-state index contributed by atoms with van der Waals surface area (Å²) in [6.07, 6.45) is 1.85. The molecule has 2 aromatic carbocycles. The lowest BCUT2D eigenvalue weighted by atomic mass is 10.1. The Morgan fingerprint density at radius 2 is 2.00 bits per heavy atom. The molecule has 1 N–H and O–H groups in total. The molecule has 5 nitrogen and oxygen atoms in total. The van der Waals surface area contributed by atoms with Crippen LogP contribution in [0.25, 0.3) is 0 Å². The summed E-state index contributed by atoms with van der Waals surface area (Å²) in [5.74, 6) is -0.264. The smallest absolute Gasteiger partial charge is 0.260 e. The van der Waals surface area contributed by atoms with E-state index in [1.807, 2.05) is 30.3 Å². The van der Waals surface area contributed by atoms with Gasteiger partial charge in [0, 0.05) is 28.9 Å². The van der Waals surface area contributed by atoms with Crippen molar-refractivity contribution in [1.29, 1.82) is 0 Å². The van der Waals surface area contributed by atoms with Crippen molar-refractivity contribution in [2.45, 2.75) is 16.3 Å². The highest BCUT2D eigenvalue weighted by atomic mass is 35.5. The van der Waals surface area contributed by atoms with E-state index in [9.17, 15) is 9.59 Å². The maximum absolute atomic E-state index is 12.7. The number of pyridine rings is 1. The van der Waals surface area contributed by atoms with Crippen LogP contribution in [0.5, 0.6) is 0 Å². The third-order valence-electron chi connectivity index (χ3n) is 4.43. The number of nitrogens with one attached hydrogen (secondary N) is 1. The predicted molar refractivity (Wildman–Crippen MR) is 111 cm³/mol. The summed E-state index contributed by atoms with van der Waals surface area (Å²) < 4.78 is 0. The molecule has 2 amide bonds. The zero-order chi connectivity index (χ0) is 19.7. The third-order valence-corrected chi connectivity index (χ3v) is 5.86. The average molecular weight is 410 g/mol. The van der Waals surface area contributed by atoms with Crippen LogP contribution in [0.15, 0.2) is 70.7 Å². The number of hydrogen-bond acceptors (Lipinski definition) is 4. The minimum atomic E-state index is -0.158. The monoisotopic (exact) mass is 409 g/mol. The Hall–Kier alpha value is -2.83. The van der Waals surface area contributed by atoms with Gasteiger partial charge in [0.1, 0.15) is 5.03 Å². The molecule has 28 heavy (non-hydrogen) atoms. The number of halogens is 1. The number of rotatable bonds is 3. The molecule has 0 aliphatic carbocycles. The number of amides is 2. The Bertz CT molecular complexity index is 1090. The Kier molecular flexibility index (Phi) is 5.07. The molecule has 7 heteroatoms. The highest BCUT2D eigenvalue weighted by Gasteiger charge is 2.25. The number of aromatic nitrogens is 1. The second kappa shape index (κ2) is 7.66. The highest BCUT2D eigenvalue weighted by molar-refractivity contribution is 7.99. The molecule has 0 fully saturated rings. The van der Waals surface area contributed by atoms with Gasteiger partial charge in [0.25, 0.3) is 5.91 Å². The van der Waals surface area contributed by atoms with E-state index in [4.69, 9.17) is 11.6 Å². The Morgan fingerprint density at radius 1 is 1.18 bits per heavy atom. The summed E-state index contributed by atoms with van der Waals surface area (Å²) in [7, 11) is 1.74. The molecule has 0 saturated heterocycles. The van der Waals surface area contributed by atoms with Gasteiger partial charge in [-0.2, -0.15) is 0 Å². The maximum atomic E-state index is 12.7. The molecule has 0 atom stereocenters.